The average molecular weight is 343 g/mol. The van der Waals surface area contributed by atoms with Gasteiger partial charge in [0.1, 0.15) is 0 Å². The zero-order valence-corrected chi connectivity index (χ0v) is 12.0. The van der Waals surface area contributed by atoms with E-state index in [1.165, 1.54) is 6.07 Å². The van der Waals surface area contributed by atoms with E-state index in [1.807, 2.05) is 0 Å². The molecule has 5 N–H and O–H groups in total. The van der Waals surface area contributed by atoms with Crippen molar-refractivity contribution in [1.82, 2.24) is 0 Å². The number of hydrogen-bond donors (Lipinski definition) is 4. The molecule has 0 aromatic heterocycles. The zero-order valence-electron chi connectivity index (χ0n) is 10.2. The monoisotopic (exact) mass is 344 g/mol. The molecule has 0 bridgehead atoms. The van der Waals surface area contributed by atoms with Crippen LogP contribution in [0.2, 0.25) is 5.32 Å². The Morgan fingerprint density at radius 3 is 2.70 bits per heavy atom. The molecular formula is C12H12N2O5Se. The molecule has 0 fully saturated rings. The molecule has 1 heterocycles. The Labute approximate surface area is 120 Å². The number of carboxylic acids is 2. The van der Waals surface area contributed by atoms with E-state index in [4.69, 9.17) is 15.9 Å². The molecule has 8 heteroatoms. The fourth-order valence-corrected chi connectivity index (χ4v) is 3.86. The summed E-state index contributed by atoms with van der Waals surface area (Å²) in [6, 6.07) is 2.08. The summed E-state index contributed by atoms with van der Waals surface area (Å²) in [5.41, 5.74) is 6.35. The van der Waals surface area contributed by atoms with Gasteiger partial charge in [-0.15, -0.1) is 0 Å². The summed E-state index contributed by atoms with van der Waals surface area (Å²) in [5.74, 6) is -2.34. The van der Waals surface area contributed by atoms with Crippen LogP contribution < -0.4 is 10.2 Å². The number of hydrogen-bond acceptors (Lipinski definition) is 5. The second-order valence-electron chi connectivity index (χ2n) is 4.26. The summed E-state index contributed by atoms with van der Waals surface area (Å²) in [6.45, 7) is 0. The van der Waals surface area contributed by atoms with Gasteiger partial charge in [-0.05, 0) is 0 Å². The Kier molecular flexibility index (Phi) is 4.08. The molecule has 1 aromatic rings. The number of benzene rings is 1. The Morgan fingerprint density at radius 2 is 2.10 bits per heavy atom. The first-order valence-corrected chi connectivity index (χ1v) is 7.73. The molecule has 20 heavy (non-hydrogen) atoms. The van der Waals surface area contributed by atoms with Gasteiger partial charge >= 0.3 is 120 Å². The van der Waals surface area contributed by atoms with Crippen molar-refractivity contribution in [3.63, 3.8) is 0 Å². The molecule has 0 unspecified atom stereocenters. The number of aliphatic imine (C=N–C) groups is 1. The number of phenolic OH excluding ortho intramolecular Hbond substituents is 1. The van der Waals surface area contributed by atoms with Crippen LogP contribution in [0.1, 0.15) is 5.56 Å². The van der Waals surface area contributed by atoms with Crippen molar-refractivity contribution in [1.29, 1.82) is 0 Å². The van der Waals surface area contributed by atoms with E-state index in [0.717, 1.165) is 4.46 Å². The van der Waals surface area contributed by atoms with Gasteiger partial charge in [0.15, 0.2) is 0 Å². The first kappa shape index (κ1) is 14.5. The van der Waals surface area contributed by atoms with Gasteiger partial charge in [-0.1, -0.05) is 0 Å². The van der Waals surface area contributed by atoms with E-state index >= 15 is 0 Å². The first-order chi connectivity index (χ1) is 9.38. The van der Waals surface area contributed by atoms with E-state index in [-0.39, 0.29) is 38.5 Å². The van der Waals surface area contributed by atoms with E-state index in [9.17, 15) is 14.7 Å². The van der Waals surface area contributed by atoms with Gasteiger partial charge < -0.3 is 0 Å². The number of nitrogens with two attached hydrogens (primary N) is 1. The topological polar surface area (TPSA) is 133 Å². The number of carbonyl (C=O) groups is 2. The van der Waals surface area contributed by atoms with E-state index in [0.29, 0.717) is 10.9 Å². The van der Waals surface area contributed by atoms with Gasteiger partial charge in [0.2, 0.25) is 0 Å². The molecule has 1 aliphatic rings. The third-order valence-corrected chi connectivity index (χ3v) is 4.93. The molecule has 106 valence electrons. The average Bonchev–Trinajstić information content (AvgIpc) is 2.38. The van der Waals surface area contributed by atoms with Crippen molar-refractivity contribution in [2.24, 2.45) is 10.7 Å². The second kappa shape index (κ2) is 5.62. The van der Waals surface area contributed by atoms with Crippen LogP contribution in [0.4, 0.5) is 5.69 Å². The van der Waals surface area contributed by atoms with Gasteiger partial charge in [-0.3, -0.25) is 0 Å². The number of nitrogens with zero attached hydrogens (tertiary/aromatic N) is 1. The van der Waals surface area contributed by atoms with Crippen LogP contribution in [-0.2, 0) is 16.0 Å². The van der Waals surface area contributed by atoms with Crippen molar-refractivity contribution in [2.75, 3.05) is 0 Å². The predicted molar refractivity (Wildman–Crippen MR) is 72.3 cm³/mol. The van der Waals surface area contributed by atoms with Crippen LogP contribution in [0.3, 0.4) is 0 Å². The van der Waals surface area contributed by atoms with Crippen LogP contribution in [0.25, 0.3) is 0 Å². The van der Waals surface area contributed by atoms with Gasteiger partial charge in [0, 0.05) is 0 Å². The fourth-order valence-electron chi connectivity index (χ4n) is 1.75. The molecular weight excluding hydrogens is 331 g/mol. The first-order valence-electron chi connectivity index (χ1n) is 5.66. The molecule has 0 saturated carbocycles. The molecule has 2 rings (SSSR count). The van der Waals surface area contributed by atoms with Crippen LogP contribution in [0.5, 0.6) is 5.75 Å². The van der Waals surface area contributed by atoms with Crippen molar-refractivity contribution in [3.8, 4) is 5.75 Å². The summed E-state index contributed by atoms with van der Waals surface area (Å²) >= 11 is -0.161. The molecule has 1 aromatic carbocycles. The van der Waals surface area contributed by atoms with Crippen LogP contribution >= 0.6 is 0 Å². The summed E-state index contributed by atoms with van der Waals surface area (Å²) in [4.78, 5) is 25.5. The second-order valence-corrected chi connectivity index (χ2v) is 6.40. The van der Waals surface area contributed by atoms with Crippen molar-refractivity contribution in [2.45, 2.75) is 17.8 Å². The van der Waals surface area contributed by atoms with Gasteiger partial charge in [-0.2, -0.15) is 0 Å². The Balaban J connectivity index is 2.34. The SMILES string of the molecule is N[C@@H](Cc1cc(O)c2c(c1)[Se]CC(C(=O)O)=N2)C(=O)O. The number of phenols is 1. The van der Waals surface area contributed by atoms with Crippen LogP contribution in [0, 0.1) is 0 Å². The molecule has 0 aliphatic carbocycles. The van der Waals surface area contributed by atoms with E-state index in [2.05, 4.69) is 4.99 Å². The minimum absolute atomic E-state index is 0.0304. The van der Waals surface area contributed by atoms with E-state index in [1.54, 1.807) is 6.07 Å². The number of rotatable bonds is 4. The maximum absolute atomic E-state index is 10.9. The number of fused-ring (bicyclic) bond motifs is 1. The number of carboxylic acid groups (broad SMARTS) is 2. The van der Waals surface area contributed by atoms with Crippen LogP contribution in [0.15, 0.2) is 17.1 Å². The quantitative estimate of drug-likeness (QED) is 0.533. The normalized spacial score (nSPS) is 15.2. The standard InChI is InChI=1S/C12H12N2O5Se/c13-6(11(16)17)1-5-2-8(15)10-9(3-5)20-4-7(14-10)12(18)19/h2-3,6,15H,1,4,13H2,(H,16,17)(H,18,19)/t6-/m0/s1. The molecule has 0 spiro atoms. The minimum atomic E-state index is -1.11. The van der Waals surface area contributed by atoms with Crippen molar-refractivity contribution in [3.05, 3.63) is 17.7 Å². The summed E-state index contributed by atoms with van der Waals surface area (Å²) in [6.07, 6.45) is 0.0990. The number of aromatic hydroxyl groups is 1. The van der Waals surface area contributed by atoms with Gasteiger partial charge in [0.25, 0.3) is 0 Å². The Bertz CT molecular complexity index is 614. The summed E-state index contributed by atoms with van der Waals surface area (Å²) < 4.78 is 0.759. The zero-order chi connectivity index (χ0) is 14.9. The predicted octanol–water partition coefficient (Wildman–Crippen LogP) is -0.735. The molecule has 1 atom stereocenters. The van der Waals surface area contributed by atoms with Crippen molar-refractivity contribution < 1.29 is 24.9 Å². The van der Waals surface area contributed by atoms with Gasteiger partial charge in [-0.25, -0.2) is 0 Å². The van der Waals surface area contributed by atoms with E-state index < -0.39 is 18.0 Å². The summed E-state index contributed by atoms with van der Waals surface area (Å²) in [7, 11) is 0. The van der Waals surface area contributed by atoms with Gasteiger partial charge in [0.05, 0.1) is 0 Å². The molecule has 1 aliphatic heterocycles. The molecule has 0 radical (unpaired) electrons. The molecule has 7 nitrogen and oxygen atoms in total. The number of aliphatic carboxylic acids is 2. The molecule has 0 amide bonds. The fraction of sp³-hybridized carbons (Fsp3) is 0.250. The summed E-state index contributed by atoms with van der Waals surface area (Å²) in [5, 5.41) is 27.9. The third-order valence-electron chi connectivity index (χ3n) is 2.75. The van der Waals surface area contributed by atoms with Crippen molar-refractivity contribution >= 4 is 42.8 Å². The maximum atomic E-state index is 10.9. The third kappa shape index (κ3) is 2.98. The molecule has 0 saturated heterocycles. The Hall–Kier alpha value is -1.89. The van der Waals surface area contributed by atoms with Crippen LogP contribution in [-0.4, -0.2) is 54.0 Å². The Morgan fingerprint density at radius 1 is 1.40 bits per heavy atom.